The summed E-state index contributed by atoms with van der Waals surface area (Å²) in [5, 5.41) is 0. The first-order valence-corrected chi connectivity index (χ1v) is 10.5. The molecule has 0 nitrogen and oxygen atoms in total. The predicted octanol–water partition coefficient (Wildman–Crippen LogP) is 7.48. The number of allylic oxidation sites excluding steroid dienone is 6. The minimum Gasteiger partial charge on any atom is -0.0810 e. The van der Waals surface area contributed by atoms with Gasteiger partial charge in [-0.3, -0.25) is 0 Å². The van der Waals surface area contributed by atoms with E-state index >= 15 is 0 Å². The lowest BCUT2D eigenvalue weighted by Gasteiger charge is -2.43. The molecule has 134 valence electrons. The molecule has 0 aromatic rings. The molecule has 1 saturated carbocycles. The van der Waals surface area contributed by atoms with Crippen LogP contribution in [0, 0.1) is 29.1 Å². The maximum atomic E-state index is 2.61. The van der Waals surface area contributed by atoms with Crippen LogP contribution in [-0.2, 0) is 0 Å². The lowest BCUT2D eigenvalue weighted by atomic mass is 9.62. The van der Waals surface area contributed by atoms with E-state index in [2.05, 4.69) is 52.8 Å². The molecule has 5 unspecified atom stereocenters. The van der Waals surface area contributed by atoms with Gasteiger partial charge < -0.3 is 0 Å². The Balaban J connectivity index is 1.80. The molecule has 0 radical (unpaired) electrons. The van der Waals surface area contributed by atoms with E-state index in [1.54, 1.807) is 16.7 Å². The lowest BCUT2D eigenvalue weighted by Crippen LogP contribution is -2.34. The maximum absolute atomic E-state index is 2.61. The van der Waals surface area contributed by atoms with E-state index < -0.39 is 0 Å². The van der Waals surface area contributed by atoms with Crippen molar-refractivity contribution < 1.29 is 0 Å². The predicted molar refractivity (Wildman–Crippen MR) is 106 cm³/mol. The summed E-state index contributed by atoms with van der Waals surface area (Å²) in [6, 6.07) is 0. The minimum atomic E-state index is 0.547. The Morgan fingerprint density at radius 3 is 2.75 bits per heavy atom. The van der Waals surface area contributed by atoms with Crippen LogP contribution >= 0.6 is 0 Å². The zero-order valence-corrected chi connectivity index (χ0v) is 16.7. The van der Waals surface area contributed by atoms with Gasteiger partial charge >= 0.3 is 0 Å². The number of hydrogen-bond acceptors (Lipinski definition) is 0. The molecule has 3 aliphatic rings. The molecular weight excluding hydrogens is 288 g/mol. The summed E-state index contributed by atoms with van der Waals surface area (Å²) < 4.78 is 0. The van der Waals surface area contributed by atoms with Crippen molar-refractivity contribution in [3.05, 3.63) is 34.9 Å². The van der Waals surface area contributed by atoms with Crippen LogP contribution in [0.2, 0.25) is 0 Å². The first kappa shape index (κ1) is 18.0. The SMILES string of the molecule is CCC(C)C1CCC2C(/C=C/C3=C(C)CCCC3C)=CCCC21C. The molecule has 0 aromatic heterocycles. The zero-order chi connectivity index (χ0) is 17.3. The highest BCUT2D eigenvalue weighted by molar-refractivity contribution is 5.36. The first-order chi connectivity index (χ1) is 11.5. The van der Waals surface area contributed by atoms with Crippen LogP contribution in [0.3, 0.4) is 0 Å². The Hall–Kier alpha value is -0.780. The van der Waals surface area contributed by atoms with Gasteiger partial charge in [-0.15, -0.1) is 0 Å². The molecule has 0 saturated heterocycles. The Morgan fingerprint density at radius 2 is 2.04 bits per heavy atom. The third-order valence-corrected chi connectivity index (χ3v) is 7.87. The van der Waals surface area contributed by atoms with Crippen molar-refractivity contribution in [1.29, 1.82) is 0 Å². The van der Waals surface area contributed by atoms with Crippen molar-refractivity contribution in [2.75, 3.05) is 0 Å². The summed E-state index contributed by atoms with van der Waals surface area (Å²) in [6.07, 6.45) is 18.5. The third kappa shape index (κ3) is 3.18. The normalized spacial score (nSPS) is 38.4. The highest BCUT2D eigenvalue weighted by Gasteiger charge is 2.49. The quantitative estimate of drug-likeness (QED) is 0.502. The fourth-order valence-electron chi connectivity index (χ4n) is 6.15. The first-order valence-electron chi connectivity index (χ1n) is 10.5. The van der Waals surface area contributed by atoms with Gasteiger partial charge in [-0.25, -0.2) is 0 Å². The largest absolute Gasteiger partial charge is 0.0810 e. The van der Waals surface area contributed by atoms with E-state index in [9.17, 15) is 0 Å². The van der Waals surface area contributed by atoms with Crippen molar-refractivity contribution in [2.24, 2.45) is 29.1 Å². The second-order valence-corrected chi connectivity index (χ2v) is 9.23. The second-order valence-electron chi connectivity index (χ2n) is 9.23. The monoisotopic (exact) mass is 326 g/mol. The van der Waals surface area contributed by atoms with Gasteiger partial charge in [-0.1, -0.05) is 57.9 Å². The number of fused-ring (bicyclic) bond motifs is 1. The van der Waals surface area contributed by atoms with Gasteiger partial charge in [0.1, 0.15) is 0 Å². The molecule has 0 amide bonds. The van der Waals surface area contributed by atoms with Crippen molar-refractivity contribution >= 4 is 0 Å². The van der Waals surface area contributed by atoms with Crippen LogP contribution in [0.25, 0.3) is 0 Å². The van der Waals surface area contributed by atoms with Gasteiger partial charge in [-0.2, -0.15) is 0 Å². The topological polar surface area (TPSA) is 0 Å². The number of hydrogen-bond donors (Lipinski definition) is 0. The van der Waals surface area contributed by atoms with Crippen molar-refractivity contribution in [3.8, 4) is 0 Å². The van der Waals surface area contributed by atoms with Gasteiger partial charge in [0.15, 0.2) is 0 Å². The molecule has 0 aromatic carbocycles. The van der Waals surface area contributed by atoms with Gasteiger partial charge in [-0.05, 0) is 92.1 Å². The van der Waals surface area contributed by atoms with Crippen LogP contribution in [-0.4, -0.2) is 0 Å². The zero-order valence-electron chi connectivity index (χ0n) is 16.7. The average Bonchev–Trinajstić information content (AvgIpc) is 2.91. The molecule has 0 heterocycles. The van der Waals surface area contributed by atoms with Crippen LogP contribution in [0.4, 0.5) is 0 Å². The van der Waals surface area contributed by atoms with Crippen molar-refractivity contribution in [3.63, 3.8) is 0 Å². The van der Waals surface area contributed by atoms with E-state index in [0.717, 1.165) is 23.7 Å². The summed E-state index contributed by atoms with van der Waals surface area (Å²) in [6.45, 7) is 12.2. The van der Waals surface area contributed by atoms with Crippen LogP contribution in [0.15, 0.2) is 34.9 Å². The fourth-order valence-corrected chi connectivity index (χ4v) is 6.15. The van der Waals surface area contributed by atoms with Crippen molar-refractivity contribution in [2.45, 2.75) is 86.0 Å². The van der Waals surface area contributed by atoms with Crippen LogP contribution in [0.5, 0.6) is 0 Å². The van der Waals surface area contributed by atoms with Gasteiger partial charge in [0.25, 0.3) is 0 Å². The highest BCUT2D eigenvalue weighted by Crippen LogP contribution is 2.58. The molecule has 0 heteroatoms. The Labute approximate surface area is 150 Å². The standard InChI is InChI=1S/C24H38/c1-6-17(2)22-14-15-23-20(11-8-16-24(22,23)5)12-13-21-18(3)9-7-10-19(21)4/h11-13,17-18,22-23H,6-10,14-16H2,1-5H3/b13-12+. The molecule has 3 rings (SSSR count). The number of rotatable bonds is 4. The summed E-state index contributed by atoms with van der Waals surface area (Å²) in [4.78, 5) is 0. The summed E-state index contributed by atoms with van der Waals surface area (Å²) in [5.41, 5.74) is 5.47. The Morgan fingerprint density at radius 1 is 1.25 bits per heavy atom. The summed E-state index contributed by atoms with van der Waals surface area (Å²) in [5.74, 6) is 3.37. The van der Waals surface area contributed by atoms with E-state index in [1.807, 2.05) is 0 Å². The maximum Gasteiger partial charge on any atom is -0.0108 e. The second kappa shape index (κ2) is 7.22. The smallest absolute Gasteiger partial charge is 0.0108 e. The third-order valence-electron chi connectivity index (χ3n) is 7.87. The lowest BCUT2D eigenvalue weighted by molar-refractivity contribution is 0.111. The van der Waals surface area contributed by atoms with Crippen LogP contribution < -0.4 is 0 Å². The van der Waals surface area contributed by atoms with E-state index in [4.69, 9.17) is 0 Å². The average molecular weight is 327 g/mol. The van der Waals surface area contributed by atoms with Gasteiger partial charge in [0.2, 0.25) is 0 Å². The summed E-state index contributed by atoms with van der Waals surface area (Å²) >= 11 is 0. The van der Waals surface area contributed by atoms with E-state index in [0.29, 0.717) is 5.41 Å². The molecule has 24 heavy (non-hydrogen) atoms. The van der Waals surface area contributed by atoms with E-state index in [-0.39, 0.29) is 0 Å². The Bertz CT molecular complexity index is 546. The minimum absolute atomic E-state index is 0.547. The van der Waals surface area contributed by atoms with Gasteiger partial charge in [0, 0.05) is 0 Å². The molecule has 3 aliphatic carbocycles. The summed E-state index contributed by atoms with van der Waals surface area (Å²) in [7, 11) is 0. The fraction of sp³-hybridized carbons (Fsp3) is 0.750. The molecule has 5 atom stereocenters. The highest BCUT2D eigenvalue weighted by atomic mass is 14.5. The molecule has 1 fully saturated rings. The van der Waals surface area contributed by atoms with Crippen LogP contribution in [0.1, 0.15) is 86.0 Å². The molecular formula is C24H38. The Kier molecular flexibility index (Phi) is 5.42. The molecule has 0 bridgehead atoms. The molecule has 0 N–H and O–H groups in total. The van der Waals surface area contributed by atoms with E-state index in [1.165, 1.54) is 51.4 Å². The molecule has 0 aliphatic heterocycles. The van der Waals surface area contributed by atoms with Crippen molar-refractivity contribution in [1.82, 2.24) is 0 Å². The molecule has 0 spiro atoms. The van der Waals surface area contributed by atoms with Gasteiger partial charge in [0.05, 0.1) is 0 Å².